The zero-order chi connectivity index (χ0) is 13.8. The molecule has 1 aromatic rings. The number of hydrogen-bond donors (Lipinski definition) is 1. The molecule has 1 aliphatic heterocycles. The Bertz CT molecular complexity index is 421. The fourth-order valence-electron chi connectivity index (χ4n) is 2.82. The van der Waals surface area contributed by atoms with E-state index in [0.29, 0.717) is 6.04 Å². The fraction of sp³-hybridized carbons (Fsp3) is 0.625. The van der Waals surface area contributed by atoms with Gasteiger partial charge in [-0.2, -0.15) is 0 Å². The van der Waals surface area contributed by atoms with Gasteiger partial charge in [0.15, 0.2) is 0 Å². The molecular formula is C16H24BrNO. The summed E-state index contributed by atoms with van der Waals surface area (Å²) in [5, 5.41) is 10.3. The van der Waals surface area contributed by atoms with E-state index in [0.717, 1.165) is 23.0 Å². The summed E-state index contributed by atoms with van der Waals surface area (Å²) in [6, 6.07) is 6.79. The summed E-state index contributed by atoms with van der Waals surface area (Å²) >= 11 is 3.50. The highest BCUT2D eigenvalue weighted by atomic mass is 79.9. The summed E-state index contributed by atoms with van der Waals surface area (Å²) in [5.41, 5.74) is 2.22. The number of hydrogen-bond acceptors (Lipinski definition) is 2. The smallest absolute Gasteiger partial charge is 0.0802 e. The molecule has 1 aliphatic rings. The second-order valence-electron chi connectivity index (χ2n) is 5.69. The molecule has 2 atom stereocenters. The Kier molecular flexibility index (Phi) is 5.43. The van der Waals surface area contributed by atoms with E-state index in [1.54, 1.807) is 0 Å². The quantitative estimate of drug-likeness (QED) is 0.902. The summed E-state index contributed by atoms with van der Waals surface area (Å²) in [7, 11) is 0. The lowest BCUT2D eigenvalue weighted by molar-refractivity contribution is 0.109. The molecule has 1 aromatic carbocycles. The molecule has 1 saturated heterocycles. The van der Waals surface area contributed by atoms with E-state index in [1.807, 2.05) is 12.1 Å². The van der Waals surface area contributed by atoms with Crippen molar-refractivity contribution in [1.82, 2.24) is 4.90 Å². The average molecular weight is 326 g/mol. The van der Waals surface area contributed by atoms with Gasteiger partial charge in [-0.25, -0.2) is 0 Å². The van der Waals surface area contributed by atoms with Crippen LogP contribution < -0.4 is 0 Å². The van der Waals surface area contributed by atoms with Crippen LogP contribution in [0.2, 0.25) is 0 Å². The fourth-order valence-corrected chi connectivity index (χ4v) is 3.07. The van der Waals surface area contributed by atoms with Gasteiger partial charge in [0.2, 0.25) is 0 Å². The van der Waals surface area contributed by atoms with Crippen LogP contribution in [0.25, 0.3) is 0 Å². The maximum Gasteiger partial charge on any atom is 0.0802 e. The second kappa shape index (κ2) is 6.87. The Morgan fingerprint density at radius 2 is 2.21 bits per heavy atom. The van der Waals surface area contributed by atoms with Crippen molar-refractivity contribution in [3.8, 4) is 0 Å². The van der Waals surface area contributed by atoms with E-state index < -0.39 is 0 Å². The number of halogens is 1. The Labute approximate surface area is 124 Å². The molecule has 0 aliphatic carbocycles. The van der Waals surface area contributed by atoms with Gasteiger partial charge in [-0.3, -0.25) is 0 Å². The minimum Gasteiger partial charge on any atom is -0.388 e. The van der Waals surface area contributed by atoms with E-state index >= 15 is 0 Å². The zero-order valence-electron chi connectivity index (χ0n) is 11.9. The Balaban J connectivity index is 1.89. The van der Waals surface area contributed by atoms with Crippen LogP contribution in [0.1, 0.15) is 49.8 Å². The molecule has 2 unspecified atom stereocenters. The van der Waals surface area contributed by atoms with Crippen molar-refractivity contribution in [2.45, 2.75) is 51.7 Å². The number of benzene rings is 1. The number of likely N-dealkylation sites (tertiary alicyclic amines) is 1. The third-order valence-electron chi connectivity index (χ3n) is 4.20. The largest absolute Gasteiger partial charge is 0.388 e. The first-order valence-electron chi connectivity index (χ1n) is 7.26. The van der Waals surface area contributed by atoms with Crippen molar-refractivity contribution in [1.29, 1.82) is 0 Å². The highest BCUT2D eigenvalue weighted by molar-refractivity contribution is 9.10. The molecule has 2 rings (SSSR count). The van der Waals surface area contributed by atoms with Crippen molar-refractivity contribution in [2.75, 3.05) is 13.1 Å². The van der Waals surface area contributed by atoms with Crippen molar-refractivity contribution >= 4 is 15.9 Å². The van der Waals surface area contributed by atoms with Crippen molar-refractivity contribution in [3.63, 3.8) is 0 Å². The minimum absolute atomic E-state index is 0.346. The molecular weight excluding hydrogens is 302 g/mol. The third kappa shape index (κ3) is 4.04. The molecule has 19 heavy (non-hydrogen) atoms. The maximum atomic E-state index is 10.3. The summed E-state index contributed by atoms with van der Waals surface area (Å²) in [4.78, 5) is 2.51. The lowest BCUT2D eigenvalue weighted by Crippen LogP contribution is -2.38. The second-order valence-corrected chi connectivity index (χ2v) is 6.55. The van der Waals surface area contributed by atoms with Crippen molar-refractivity contribution < 1.29 is 5.11 Å². The van der Waals surface area contributed by atoms with Crippen LogP contribution in [0.5, 0.6) is 0 Å². The minimum atomic E-state index is -0.346. The number of piperidine rings is 1. The molecule has 0 radical (unpaired) electrons. The molecule has 0 bridgehead atoms. The lowest BCUT2D eigenvalue weighted by Gasteiger charge is -2.33. The first-order valence-corrected chi connectivity index (χ1v) is 8.05. The number of aliphatic hydroxyl groups is 1. The van der Waals surface area contributed by atoms with Gasteiger partial charge in [0.05, 0.1) is 6.10 Å². The molecule has 0 spiro atoms. The molecule has 0 amide bonds. The summed E-state index contributed by atoms with van der Waals surface area (Å²) in [6.07, 6.45) is 4.43. The van der Waals surface area contributed by atoms with Gasteiger partial charge >= 0.3 is 0 Å². The number of aryl methyl sites for hydroxylation is 1. The van der Waals surface area contributed by atoms with Crippen LogP contribution >= 0.6 is 15.9 Å². The summed E-state index contributed by atoms with van der Waals surface area (Å²) < 4.78 is 1.10. The first kappa shape index (κ1) is 15.0. The van der Waals surface area contributed by atoms with Gasteiger partial charge in [0.25, 0.3) is 0 Å². The molecule has 1 N–H and O–H groups in total. The van der Waals surface area contributed by atoms with E-state index in [1.165, 1.54) is 31.4 Å². The van der Waals surface area contributed by atoms with E-state index in [2.05, 4.69) is 40.7 Å². The van der Waals surface area contributed by atoms with Crippen LogP contribution in [-0.4, -0.2) is 29.1 Å². The van der Waals surface area contributed by atoms with Crippen LogP contribution in [0.4, 0.5) is 0 Å². The van der Waals surface area contributed by atoms with Gasteiger partial charge in [-0.1, -0.05) is 34.5 Å². The maximum absolute atomic E-state index is 10.3. The van der Waals surface area contributed by atoms with Crippen LogP contribution in [0.3, 0.4) is 0 Å². The van der Waals surface area contributed by atoms with E-state index in [4.69, 9.17) is 0 Å². The number of rotatable bonds is 4. The van der Waals surface area contributed by atoms with E-state index in [9.17, 15) is 5.11 Å². The number of aliphatic hydroxyl groups excluding tert-OH is 1. The molecule has 106 valence electrons. The van der Waals surface area contributed by atoms with Gasteiger partial charge in [-0.05, 0) is 56.8 Å². The highest BCUT2D eigenvalue weighted by Crippen LogP contribution is 2.24. The molecule has 1 fully saturated rings. The average Bonchev–Trinajstić information content (AvgIpc) is 2.40. The van der Waals surface area contributed by atoms with E-state index in [-0.39, 0.29) is 6.10 Å². The van der Waals surface area contributed by atoms with Crippen molar-refractivity contribution in [3.05, 3.63) is 33.8 Å². The van der Waals surface area contributed by atoms with Gasteiger partial charge in [0, 0.05) is 17.1 Å². The predicted octanol–water partition coefficient (Wildman–Crippen LogP) is 4.06. The normalized spacial score (nSPS) is 22.4. The van der Waals surface area contributed by atoms with Gasteiger partial charge in [0.1, 0.15) is 0 Å². The standard InChI is InChI=1S/C16H24BrNO/c1-12-11-14(6-7-15(12)17)16(19)8-10-18-9-4-3-5-13(18)2/h6-7,11,13,16,19H,3-5,8-10H2,1-2H3. The summed E-state index contributed by atoms with van der Waals surface area (Å²) in [6.45, 7) is 6.55. The number of nitrogens with zero attached hydrogens (tertiary/aromatic N) is 1. The highest BCUT2D eigenvalue weighted by Gasteiger charge is 2.19. The topological polar surface area (TPSA) is 23.5 Å². The lowest BCUT2D eigenvalue weighted by atomic mass is 10.0. The molecule has 2 nitrogen and oxygen atoms in total. The van der Waals surface area contributed by atoms with Crippen LogP contribution in [-0.2, 0) is 0 Å². The van der Waals surface area contributed by atoms with Crippen molar-refractivity contribution in [2.24, 2.45) is 0 Å². The van der Waals surface area contributed by atoms with Gasteiger partial charge in [-0.15, -0.1) is 0 Å². The van der Waals surface area contributed by atoms with Crippen LogP contribution in [0, 0.1) is 6.92 Å². The SMILES string of the molecule is Cc1cc(C(O)CCN2CCCCC2C)ccc1Br. The molecule has 0 saturated carbocycles. The monoisotopic (exact) mass is 325 g/mol. The zero-order valence-corrected chi connectivity index (χ0v) is 13.5. The predicted molar refractivity (Wildman–Crippen MR) is 83.3 cm³/mol. The van der Waals surface area contributed by atoms with Gasteiger partial charge < -0.3 is 10.0 Å². The first-order chi connectivity index (χ1) is 9.08. The molecule has 1 heterocycles. The third-order valence-corrected chi connectivity index (χ3v) is 5.09. The summed E-state index contributed by atoms with van der Waals surface area (Å²) in [5.74, 6) is 0. The Morgan fingerprint density at radius 3 is 2.89 bits per heavy atom. The molecule has 0 aromatic heterocycles. The molecule has 3 heteroatoms. The Hall–Kier alpha value is -0.380. The Morgan fingerprint density at radius 1 is 1.42 bits per heavy atom. The van der Waals surface area contributed by atoms with Crippen LogP contribution in [0.15, 0.2) is 22.7 Å².